The fraction of sp³-hybridized carbons (Fsp3) is 0.0270. The zero-order valence-corrected chi connectivity index (χ0v) is 23.2. The molecule has 0 aliphatic heterocycles. The summed E-state index contributed by atoms with van der Waals surface area (Å²) in [5.74, 6) is -2.45. The molecule has 7 aromatic rings. The summed E-state index contributed by atoms with van der Waals surface area (Å²) in [6.45, 7) is 0. The molecule has 0 unspecified atom stereocenters. The van der Waals surface area contributed by atoms with Crippen molar-refractivity contribution in [2.75, 3.05) is 4.90 Å². The fourth-order valence-electron chi connectivity index (χ4n) is 5.63. The Labute approximate surface area is 253 Å². The van der Waals surface area contributed by atoms with Crippen LogP contribution in [0.5, 0.6) is 0 Å². The van der Waals surface area contributed by atoms with E-state index in [-0.39, 0.29) is 5.56 Å². The second-order valence-electron chi connectivity index (χ2n) is 10.6. The maximum atomic E-state index is 14.4. The van der Waals surface area contributed by atoms with Crippen LogP contribution < -0.4 is 4.90 Å². The second kappa shape index (κ2) is 10.9. The number of halogens is 6. The van der Waals surface area contributed by atoms with E-state index in [9.17, 15) is 26.3 Å². The lowest BCUT2D eigenvalue weighted by Crippen LogP contribution is -2.10. The van der Waals surface area contributed by atoms with Crippen LogP contribution in [0.2, 0.25) is 0 Å². The normalized spacial score (nSPS) is 11.8. The molecule has 6 aromatic carbocycles. The zero-order chi connectivity index (χ0) is 31.3. The van der Waals surface area contributed by atoms with Crippen molar-refractivity contribution >= 4 is 39.0 Å². The Balaban J connectivity index is 1.45. The Morgan fingerprint density at radius 2 is 1.04 bits per heavy atom. The molecule has 8 heteroatoms. The minimum Gasteiger partial charge on any atom is -0.454 e. The quantitative estimate of drug-likeness (QED) is 0.181. The maximum Gasteiger partial charge on any atom is 0.416 e. The topological polar surface area (TPSA) is 16.4 Å². The number of hydrogen-bond donors (Lipinski definition) is 0. The average molecular weight is 610 g/mol. The smallest absolute Gasteiger partial charge is 0.416 e. The van der Waals surface area contributed by atoms with Gasteiger partial charge < -0.3 is 9.32 Å². The molecule has 2 nitrogen and oxygen atoms in total. The predicted molar refractivity (Wildman–Crippen MR) is 164 cm³/mol. The Hall–Kier alpha value is -5.50. The van der Waals surface area contributed by atoms with Gasteiger partial charge in [-0.05, 0) is 89.0 Å². The van der Waals surface area contributed by atoms with Gasteiger partial charge in [0.1, 0.15) is 23.0 Å². The van der Waals surface area contributed by atoms with Crippen LogP contribution in [0, 0.1) is 17.5 Å². The van der Waals surface area contributed by atoms with Crippen molar-refractivity contribution < 1.29 is 30.8 Å². The molecule has 0 radical (unpaired) electrons. The highest BCUT2D eigenvalue weighted by Crippen LogP contribution is 2.44. The van der Waals surface area contributed by atoms with Crippen molar-refractivity contribution in [3.8, 4) is 22.3 Å². The van der Waals surface area contributed by atoms with Gasteiger partial charge in [-0.15, -0.1) is 0 Å². The van der Waals surface area contributed by atoms with E-state index >= 15 is 0 Å². The van der Waals surface area contributed by atoms with Gasteiger partial charge in [0.15, 0.2) is 5.58 Å². The number of anilines is 3. The lowest BCUT2D eigenvalue weighted by Gasteiger charge is -2.26. The highest BCUT2D eigenvalue weighted by Gasteiger charge is 2.31. The molecule has 0 spiro atoms. The van der Waals surface area contributed by atoms with Crippen molar-refractivity contribution in [2.24, 2.45) is 0 Å². The van der Waals surface area contributed by atoms with Gasteiger partial charge in [0.25, 0.3) is 0 Å². The second-order valence-corrected chi connectivity index (χ2v) is 10.6. The third kappa shape index (κ3) is 5.40. The number of para-hydroxylation sites is 2. The van der Waals surface area contributed by atoms with Gasteiger partial charge in [-0.1, -0.05) is 54.6 Å². The van der Waals surface area contributed by atoms with Gasteiger partial charge in [-0.3, -0.25) is 0 Å². The van der Waals surface area contributed by atoms with Gasteiger partial charge in [-0.2, -0.15) is 13.2 Å². The van der Waals surface area contributed by atoms with Crippen molar-refractivity contribution in [1.29, 1.82) is 0 Å². The first-order chi connectivity index (χ1) is 21.6. The molecule has 7 rings (SSSR count). The lowest BCUT2D eigenvalue weighted by molar-refractivity contribution is -0.137. The third-order valence-electron chi connectivity index (χ3n) is 7.59. The molecule has 0 atom stereocenters. The summed E-state index contributed by atoms with van der Waals surface area (Å²) in [6.07, 6.45) is -4.73. The molecule has 0 bridgehead atoms. The van der Waals surface area contributed by atoms with Gasteiger partial charge in [-0.25, -0.2) is 13.2 Å². The summed E-state index contributed by atoms with van der Waals surface area (Å²) in [6, 6.07) is 32.6. The Morgan fingerprint density at radius 3 is 1.69 bits per heavy atom. The number of furan rings is 1. The van der Waals surface area contributed by atoms with Crippen molar-refractivity contribution in [1.82, 2.24) is 0 Å². The molecule has 0 saturated carbocycles. The Kier molecular flexibility index (Phi) is 6.85. The van der Waals surface area contributed by atoms with E-state index in [2.05, 4.69) is 0 Å². The Bertz CT molecular complexity index is 2200. The summed E-state index contributed by atoms with van der Waals surface area (Å²) >= 11 is 0. The van der Waals surface area contributed by atoms with Crippen molar-refractivity contribution in [3.05, 3.63) is 150 Å². The summed E-state index contributed by atoms with van der Waals surface area (Å²) in [5.41, 5.74) is 3.10. The third-order valence-corrected chi connectivity index (χ3v) is 7.59. The van der Waals surface area contributed by atoms with Gasteiger partial charge in [0.2, 0.25) is 0 Å². The first-order valence-corrected chi connectivity index (χ1v) is 13.9. The highest BCUT2D eigenvalue weighted by atomic mass is 19.4. The Morgan fingerprint density at radius 1 is 0.489 bits per heavy atom. The predicted octanol–water partition coefficient (Wildman–Crippen LogP) is 11.8. The van der Waals surface area contributed by atoms with Crippen molar-refractivity contribution in [3.63, 3.8) is 0 Å². The molecule has 0 aliphatic rings. The molecule has 0 aliphatic carbocycles. The summed E-state index contributed by atoms with van der Waals surface area (Å²) in [7, 11) is 0. The van der Waals surface area contributed by atoms with E-state index in [4.69, 9.17) is 4.42 Å². The van der Waals surface area contributed by atoms with Gasteiger partial charge in [0, 0.05) is 28.2 Å². The SMILES string of the molecule is Fc1cc(F)cc(-c2cccc(N(c3cccc(-c4cc(F)cc(C(F)(F)F)c4)c3)c3cccc4c3oc3ccccc34)c2)c1. The molecule has 0 fully saturated rings. The minimum absolute atomic E-state index is 0.0510. The number of hydrogen-bond acceptors (Lipinski definition) is 2. The van der Waals surface area contributed by atoms with Crippen LogP contribution in [-0.2, 0) is 6.18 Å². The van der Waals surface area contributed by atoms with E-state index in [1.807, 2.05) is 47.4 Å². The van der Waals surface area contributed by atoms with Crippen LogP contribution in [0.25, 0.3) is 44.2 Å². The molecule has 1 heterocycles. The van der Waals surface area contributed by atoms with E-state index in [1.165, 1.54) is 12.1 Å². The van der Waals surface area contributed by atoms with Crippen LogP contribution in [0.15, 0.2) is 132 Å². The number of alkyl halides is 3. The summed E-state index contributed by atoms with van der Waals surface area (Å²) in [4.78, 5) is 1.84. The highest BCUT2D eigenvalue weighted by molar-refractivity contribution is 6.10. The lowest BCUT2D eigenvalue weighted by atomic mass is 10.0. The van der Waals surface area contributed by atoms with Gasteiger partial charge >= 0.3 is 6.18 Å². The summed E-state index contributed by atoms with van der Waals surface area (Å²) in [5, 5.41) is 1.74. The first kappa shape index (κ1) is 28.3. The molecule has 45 heavy (non-hydrogen) atoms. The summed E-state index contributed by atoms with van der Waals surface area (Å²) < 4.78 is 89.7. The molecule has 0 N–H and O–H groups in total. The number of benzene rings is 6. The maximum absolute atomic E-state index is 14.4. The molecule has 0 saturated heterocycles. The molecule has 1 aromatic heterocycles. The average Bonchev–Trinajstić information content (AvgIpc) is 3.40. The van der Waals surface area contributed by atoms with E-state index in [0.29, 0.717) is 51.0 Å². The molecular weight excluding hydrogens is 588 g/mol. The van der Waals surface area contributed by atoms with Crippen LogP contribution in [0.3, 0.4) is 0 Å². The minimum atomic E-state index is -4.73. The molecule has 222 valence electrons. The van der Waals surface area contributed by atoms with Crippen LogP contribution in [0.1, 0.15) is 5.56 Å². The standard InChI is InChI=1S/C37H21F6NO/c38-27-15-24(14-26(20-27)37(41,42)43)22-6-3-8-30(18-22)44(31-9-4-7-23(19-31)25-16-28(39)21-29(40)17-25)34-12-5-11-33-32-10-1-2-13-35(32)45-36(33)34/h1-21H. The van der Waals surface area contributed by atoms with Crippen LogP contribution in [-0.4, -0.2) is 0 Å². The number of rotatable bonds is 5. The zero-order valence-electron chi connectivity index (χ0n) is 23.2. The number of nitrogens with zero attached hydrogens (tertiary/aromatic N) is 1. The first-order valence-electron chi connectivity index (χ1n) is 13.9. The fourth-order valence-corrected chi connectivity index (χ4v) is 5.63. The van der Waals surface area contributed by atoms with Crippen LogP contribution in [0.4, 0.5) is 43.4 Å². The van der Waals surface area contributed by atoms with Crippen LogP contribution >= 0.6 is 0 Å². The largest absolute Gasteiger partial charge is 0.454 e. The van der Waals surface area contributed by atoms with Gasteiger partial charge in [0.05, 0.1) is 11.3 Å². The molecular formula is C37H21F6NO. The molecule has 0 amide bonds. The van der Waals surface area contributed by atoms with E-state index in [0.717, 1.165) is 29.0 Å². The van der Waals surface area contributed by atoms with E-state index in [1.54, 1.807) is 48.5 Å². The number of fused-ring (bicyclic) bond motifs is 3. The van der Waals surface area contributed by atoms with Crippen molar-refractivity contribution in [2.45, 2.75) is 6.18 Å². The van der Waals surface area contributed by atoms with E-state index < -0.39 is 29.2 Å². The monoisotopic (exact) mass is 609 g/mol.